The SMILES string of the molecule is O=C(NCCCCCO)c1ncc(Cl)c(Cl)c1Cl. The average Bonchev–Trinajstić information content (AvgIpc) is 2.35. The number of aromatic nitrogens is 1. The molecule has 1 heterocycles. The molecule has 1 amide bonds. The van der Waals surface area contributed by atoms with E-state index in [1.807, 2.05) is 0 Å². The number of rotatable bonds is 6. The zero-order valence-corrected chi connectivity index (χ0v) is 11.8. The number of pyridine rings is 1. The van der Waals surface area contributed by atoms with E-state index < -0.39 is 0 Å². The molecule has 0 saturated carbocycles. The number of nitrogens with zero attached hydrogens (tertiary/aromatic N) is 1. The number of nitrogens with one attached hydrogen (secondary N) is 1. The van der Waals surface area contributed by atoms with E-state index in [0.717, 1.165) is 19.3 Å². The highest BCUT2D eigenvalue weighted by atomic mass is 35.5. The normalized spacial score (nSPS) is 10.4. The molecule has 0 fully saturated rings. The Morgan fingerprint density at radius 3 is 2.61 bits per heavy atom. The fourth-order valence-corrected chi connectivity index (χ4v) is 1.87. The highest BCUT2D eigenvalue weighted by molar-refractivity contribution is 6.48. The second-order valence-corrected chi connectivity index (χ2v) is 4.79. The lowest BCUT2D eigenvalue weighted by atomic mass is 10.2. The van der Waals surface area contributed by atoms with Crippen LogP contribution in [-0.2, 0) is 0 Å². The van der Waals surface area contributed by atoms with Crippen LogP contribution < -0.4 is 5.32 Å². The Morgan fingerprint density at radius 2 is 1.94 bits per heavy atom. The van der Waals surface area contributed by atoms with Gasteiger partial charge in [-0.1, -0.05) is 34.8 Å². The molecule has 7 heteroatoms. The van der Waals surface area contributed by atoms with Gasteiger partial charge in [-0.15, -0.1) is 0 Å². The van der Waals surface area contributed by atoms with Crippen molar-refractivity contribution in [3.05, 3.63) is 27.0 Å². The lowest BCUT2D eigenvalue weighted by Crippen LogP contribution is -2.25. The number of hydrogen-bond donors (Lipinski definition) is 2. The van der Waals surface area contributed by atoms with Crippen LogP contribution in [0.4, 0.5) is 0 Å². The minimum Gasteiger partial charge on any atom is -0.396 e. The average molecular weight is 312 g/mol. The van der Waals surface area contributed by atoms with Crippen LogP contribution in [0.1, 0.15) is 29.8 Å². The molecule has 0 aliphatic carbocycles. The van der Waals surface area contributed by atoms with Crippen molar-refractivity contribution >= 4 is 40.7 Å². The van der Waals surface area contributed by atoms with Gasteiger partial charge in [0, 0.05) is 19.3 Å². The molecule has 0 bridgehead atoms. The Labute approximate surface area is 120 Å². The molecule has 100 valence electrons. The van der Waals surface area contributed by atoms with Crippen molar-refractivity contribution in [3.8, 4) is 0 Å². The van der Waals surface area contributed by atoms with Gasteiger partial charge in [-0.2, -0.15) is 0 Å². The largest absolute Gasteiger partial charge is 0.396 e. The molecule has 0 aliphatic heterocycles. The second-order valence-electron chi connectivity index (χ2n) is 3.62. The first-order chi connectivity index (χ1) is 8.57. The molecule has 1 aromatic heterocycles. The predicted molar refractivity (Wildman–Crippen MR) is 72.5 cm³/mol. The number of aliphatic hydroxyl groups is 1. The van der Waals surface area contributed by atoms with E-state index in [2.05, 4.69) is 10.3 Å². The summed E-state index contributed by atoms with van der Waals surface area (Å²) in [4.78, 5) is 15.6. The molecular weight excluding hydrogens is 298 g/mol. The lowest BCUT2D eigenvalue weighted by molar-refractivity contribution is 0.0948. The van der Waals surface area contributed by atoms with Gasteiger partial charge in [-0.25, -0.2) is 4.98 Å². The molecule has 0 spiro atoms. The third-order valence-corrected chi connectivity index (χ3v) is 3.49. The predicted octanol–water partition coefficient (Wildman–Crippen LogP) is 2.93. The quantitative estimate of drug-likeness (QED) is 0.794. The number of unbranched alkanes of at least 4 members (excludes halogenated alkanes) is 2. The minimum absolute atomic E-state index is 0.0528. The van der Waals surface area contributed by atoms with Crippen LogP contribution in [0.25, 0.3) is 0 Å². The molecular formula is C11H13Cl3N2O2. The molecule has 0 radical (unpaired) electrons. The lowest BCUT2D eigenvalue weighted by Gasteiger charge is -2.07. The van der Waals surface area contributed by atoms with Crippen molar-refractivity contribution in [2.45, 2.75) is 19.3 Å². The fourth-order valence-electron chi connectivity index (χ4n) is 1.30. The van der Waals surface area contributed by atoms with E-state index in [1.54, 1.807) is 0 Å². The third-order valence-electron chi connectivity index (χ3n) is 2.25. The van der Waals surface area contributed by atoms with Crippen molar-refractivity contribution in [2.75, 3.05) is 13.2 Å². The van der Waals surface area contributed by atoms with E-state index in [-0.39, 0.29) is 33.3 Å². The van der Waals surface area contributed by atoms with Gasteiger partial charge in [0.2, 0.25) is 0 Å². The first kappa shape index (κ1) is 15.5. The summed E-state index contributed by atoms with van der Waals surface area (Å²) in [6, 6.07) is 0. The Morgan fingerprint density at radius 1 is 1.22 bits per heavy atom. The first-order valence-corrected chi connectivity index (χ1v) is 6.60. The number of amides is 1. The summed E-state index contributed by atoms with van der Waals surface area (Å²) < 4.78 is 0. The van der Waals surface area contributed by atoms with Crippen molar-refractivity contribution in [1.82, 2.24) is 10.3 Å². The molecule has 18 heavy (non-hydrogen) atoms. The summed E-state index contributed by atoms with van der Waals surface area (Å²) >= 11 is 17.4. The molecule has 2 N–H and O–H groups in total. The van der Waals surface area contributed by atoms with Crippen molar-refractivity contribution < 1.29 is 9.90 Å². The van der Waals surface area contributed by atoms with Crippen LogP contribution in [-0.4, -0.2) is 29.1 Å². The standard InChI is InChI=1S/C11H13Cl3N2O2/c12-7-6-16-10(9(14)8(7)13)11(18)15-4-2-1-3-5-17/h6,17H,1-5H2,(H,15,18). The number of hydrogen-bond acceptors (Lipinski definition) is 3. The Bertz CT molecular complexity index is 427. The number of carbonyl (C=O) groups excluding carboxylic acids is 1. The fraction of sp³-hybridized carbons (Fsp3) is 0.455. The zero-order chi connectivity index (χ0) is 13.5. The summed E-state index contributed by atoms with van der Waals surface area (Å²) in [7, 11) is 0. The maximum absolute atomic E-state index is 11.8. The molecule has 0 saturated heterocycles. The van der Waals surface area contributed by atoms with Gasteiger partial charge in [0.25, 0.3) is 5.91 Å². The Kier molecular flexibility index (Phi) is 6.71. The Balaban J connectivity index is 2.54. The topological polar surface area (TPSA) is 62.2 Å². The minimum atomic E-state index is -0.387. The number of halogens is 3. The van der Waals surface area contributed by atoms with Crippen LogP contribution in [0.15, 0.2) is 6.20 Å². The van der Waals surface area contributed by atoms with Crippen LogP contribution in [0.2, 0.25) is 15.1 Å². The van der Waals surface area contributed by atoms with Gasteiger partial charge in [-0.05, 0) is 19.3 Å². The van der Waals surface area contributed by atoms with E-state index in [9.17, 15) is 4.79 Å². The summed E-state index contributed by atoms with van der Waals surface area (Å²) in [6.07, 6.45) is 3.64. The zero-order valence-electron chi connectivity index (χ0n) is 9.55. The number of carbonyl (C=O) groups is 1. The van der Waals surface area contributed by atoms with E-state index >= 15 is 0 Å². The molecule has 4 nitrogen and oxygen atoms in total. The van der Waals surface area contributed by atoms with Crippen molar-refractivity contribution in [2.24, 2.45) is 0 Å². The van der Waals surface area contributed by atoms with Crippen LogP contribution in [0, 0.1) is 0 Å². The van der Waals surface area contributed by atoms with Crippen LogP contribution in [0.5, 0.6) is 0 Å². The summed E-state index contributed by atoms with van der Waals surface area (Å²) in [6.45, 7) is 0.658. The van der Waals surface area contributed by atoms with Gasteiger partial charge in [0.05, 0.1) is 15.1 Å². The van der Waals surface area contributed by atoms with E-state index in [0.29, 0.717) is 6.54 Å². The number of aliphatic hydroxyl groups excluding tert-OH is 1. The molecule has 1 rings (SSSR count). The highest BCUT2D eigenvalue weighted by Crippen LogP contribution is 2.30. The van der Waals surface area contributed by atoms with Gasteiger partial charge >= 0.3 is 0 Å². The molecule has 1 aromatic rings. The van der Waals surface area contributed by atoms with Crippen molar-refractivity contribution in [1.29, 1.82) is 0 Å². The Hall–Kier alpha value is -0.550. The van der Waals surface area contributed by atoms with Crippen molar-refractivity contribution in [3.63, 3.8) is 0 Å². The summed E-state index contributed by atoms with van der Waals surface area (Å²) in [5, 5.41) is 11.7. The van der Waals surface area contributed by atoms with Gasteiger partial charge in [0.1, 0.15) is 5.69 Å². The summed E-state index contributed by atoms with van der Waals surface area (Å²) in [5.74, 6) is -0.387. The molecule has 0 atom stereocenters. The molecule has 0 unspecified atom stereocenters. The van der Waals surface area contributed by atoms with Gasteiger partial charge in [0.15, 0.2) is 0 Å². The maximum Gasteiger partial charge on any atom is 0.271 e. The first-order valence-electron chi connectivity index (χ1n) is 5.46. The van der Waals surface area contributed by atoms with E-state index in [1.165, 1.54) is 6.20 Å². The maximum atomic E-state index is 11.8. The summed E-state index contributed by atoms with van der Waals surface area (Å²) in [5.41, 5.74) is 0.0632. The smallest absolute Gasteiger partial charge is 0.271 e. The highest BCUT2D eigenvalue weighted by Gasteiger charge is 2.16. The van der Waals surface area contributed by atoms with Crippen LogP contribution >= 0.6 is 34.8 Å². The monoisotopic (exact) mass is 310 g/mol. The van der Waals surface area contributed by atoms with E-state index in [4.69, 9.17) is 39.9 Å². The molecule has 0 aliphatic rings. The van der Waals surface area contributed by atoms with Gasteiger partial charge in [-0.3, -0.25) is 4.79 Å². The van der Waals surface area contributed by atoms with Gasteiger partial charge < -0.3 is 10.4 Å². The second kappa shape index (κ2) is 7.79. The third kappa shape index (κ3) is 4.28. The molecule has 0 aromatic carbocycles. The van der Waals surface area contributed by atoms with Crippen LogP contribution in [0.3, 0.4) is 0 Å².